The van der Waals surface area contributed by atoms with Crippen molar-refractivity contribution in [1.82, 2.24) is 0 Å². The number of hydrogen-bond acceptors (Lipinski definition) is 1. The number of amides is 1. The predicted octanol–water partition coefficient (Wildman–Crippen LogP) is 5.15. The van der Waals surface area contributed by atoms with E-state index in [1.807, 2.05) is 12.1 Å². The maximum atomic E-state index is 11.6. The van der Waals surface area contributed by atoms with E-state index in [9.17, 15) is 4.79 Å². The van der Waals surface area contributed by atoms with Crippen LogP contribution in [-0.2, 0) is 11.2 Å². The van der Waals surface area contributed by atoms with E-state index in [1.54, 1.807) is 0 Å². The molecule has 0 aliphatic rings. The smallest absolute Gasteiger partial charge is 0.225 e. The number of hydrogen-bond donors (Lipinski definition) is 1. The number of benzene rings is 3. The number of alkyl halides is 1. The maximum Gasteiger partial charge on any atom is 0.225 e. The Morgan fingerprint density at radius 2 is 1.65 bits per heavy atom. The van der Waals surface area contributed by atoms with Crippen molar-refractivity contribution in [2.24, 2.45) is 0 Å². The molecule has 3 rings (SSSR count). The molecule has 0 aromatic heterocycles. The average molecular weight is 368 g/mol. The molecule has 3 aromatic rings. The van der Waals surface area contributed by atoms with Crippen LogP contribution < -0.4 is 5.32 Å². The molecule has 0 fully saturated rings. The largest absolute Gasteiger partial charge is 0.326 e. The Labute approximate surface area is 144 Å². The van der Waals surface area contributed by atoms with Crippen LogP contribution in [0.1, 0.15) is 17.5 Å². The summed E-state index contributed by atoms with van der Waals surface area (Å²) in [6, 6.07) is 22.9. The second-order valence-corrected chi connectivity index (χ2v) is 6.29. The van der Waals surface area contributed by atoms with E-state index >= 15 is 0 Å². The molecular formula is C20H18BrNO. The van der Waals surface area contributed by atoms with Crippen LogP contribution in [0, 0.1) is 0 Å². The molecule has 3 heteroatoms. The first kappa shape index (κ1) is 15.8. The highest BCUT2D eigenvalue weighted by Gasteiger charge is 2.04. The molecule has 0 saturated heterocycles. The summed E-state index contributed by atoms with van der Waals surface area (Å²) >= 11 is 3.27. The fraction of sp³-hybridized carbons (Fsp3) is 0.150. The number of anilines is 1. The van der Waals surface area contributed by atoms with Gasteiger partial charge in [-0.2, -0.15) is 0 Å². The van der Waals surface area contributed by atoms with Gasteiger partial charge in [0.15, 0.2) is 0 Å². The molecule has 0 saturated carbocycles. The standard InChI is InChI=1S/C20H18BrNO/c21-13-12-20(23)22-18-10-8-15(9-11-18)14-17-6-3-5-16-4-1-2-7-19(16)17/h1-11H,12-14H2,(H,22,23). The van der Waals surface area contributed by atoms with Gasteiger partial charge < -0.3 is 5.32 Å². The first-order valence-corrected chi connectivity index (χ1v) is 8.80. The Kier molecular flexibility index (Phi) is 5.09. The van der Waals surface area contributed by atoms with E-state index < -0.39 is 0 Å². The van der Waals surface area contributed by atoms with Crippen LogP contribution in [0.4, 0.5) is 5.69 Å². The van der Waals surface area contributed by atoms with E-state index in [-0.39, 0.29) is 5.91 Å². The number of nitrogens with one attached hydrogen (secondary N) is 1. The van der Waals surface area contributed by atoms with Crippen LogP contribution >= 0.6 is 15.9 Å². The van der Waals surface area contributed by atoms with E-state index in [0.29, 0.717) is 11.8 Å². The lowest BCUT2D eigenvalue weighted by Crippen LogP contribution is -2.11. The van der Waals surface area contributed by atoms with Crippen LogP contribution in [0.3, 0.4) is 0 Å². The molecule has 1 amide bonds. The Morgan fingerprint density at radius 1 is 0.913 bits per heavy atom. The topological polar surface area (TPSA) is 29.1 Å². The Morgan fingerprint density at radius 3 is 2.43 bits per heavy atom. The summed E-state index contributed by atoms with van der Waals surface area (Å²) in [5.74, 6) is 0.0312. The first-order valence-electron chi connectivity index (χ1n) is 7.67. The van der Waals surface area contributed by atoms with Gasteiger partial charge in [0, 0.05) is 17.4 Å². The fourth-order valence-electron chi connectivity index (χ4n) is 2.68. The second-order valence-electron chi connectivity index (χ2n) is 5.50. The normalized spacial score (nSPS) is 10.7. The molecule has 1 N–H and O–H groups in total. The van der Waals surface area contributed by atoms with Gasteiger partial charge in [0.05, 0.1) is 0 Å². The minimum Gasteiger partial charge on any atom is -0.326 e. The maximum absolute atomic E-state index is 11.6. The van der Waals surface area contributed by atoms with Gasteiger partial charge >= 0.3 is 0 Å². The van der Waals surface area contributed by atoms with Gasteiger partial charge in [-0.3, -0.25) is 4.79 Å². The molecule has 0 radical (unpaired) electrons. The van der Waals surface area contributed by atoms with Crippen molar-refractivity contribution in [2.45, 2.75) is 12.8 Å². The number of carbonyl (C=O) groups excluding carboxylic acids is 1. The van der Waals surface area contributed by atoms with Crippen LogP contribution in [0.15, 0.2) is 66.7 Å². The van der Waals surface area contributed by atoms with Crippen LogP contribution in [0.5, 0.6) is 0 Å². The van der Waals surface area contributed by atoms with Gasteiger partial charge in [-0.05, 0) is 40.5 Å². The van der Waals surface area contributed by atoms with Gasteiger partial charge in [0.1, 0.15) is 0 Å². The predicted molar refractivity (Wildman–Crippen MR) is 100 cm³/mol. The van der Waals surface area contributed by atoms with Gasteiger partial charge in [0.2, 0.25) is 5.91 Å². The number of halogens is 1. The van der Waals surface area contributed by atoms with Crippen molar-refractivity contribution in [3.63, 3.8) is 0 Å². The summed E-state index contributed by atoms with van der Waals surface area (Å²) < 4.78 is 0. The summed E-state index contributed by atoms with van der Waals surface area (Å²) in [5, 5.41) is 6.14. The van der Waals surface area contributed by atoms with Crippen molar-refractivity contribution in [3.8, 4) is 0 Å². The molecule has 0 bridgehead atoms. The third-order valence-electron chi connectivity index (χ3n) is 3.83. The lowest BCUT2D eigenvalue weighted by molar-refractivity contribution is -0.115. The van der Waals surface area contributed by atoms with E-state index in [0.717, 1.165) is 12.1 Å². The molecule has 0 spiro atoms. The molecule has 0 unspecified atom stereocenters. The van der Waals surface area contributed by atoms with Gasteiger partial charge in [-0.1, -0.05) is 70.5 Å². The van der Waals surface area contributed by atoms with Crippen molar-refractivity contribution < 1.29 is 4.79 Å². The van der Waals surface area contributed by atoms with E-state index in [1.165, 1.54) is 21.9 Å². The number of fused-ring (bicyclic) bond motifs is 1. The van der Waals surface area contributed by atoms with Crippen molar-refractivity contribution in [3.05, 3.63) is 77.9 Å². The lowest BCUT2D eigenvalue weighted by Gasteiger charge is -2.08. The number of carbonyl (C=O) groups is 1. The van der Waals surface area contributed by atoms with Gasteiger partial charge in [0.25, 0.3) is 0 Å². The Bertz CT molecular complexity index is 806. The van der Waals surface area contributed by atoms with Crippen molar-refractivity contribution in [2.75, 3.05) is 10.6 Å². The molecule has 2 nitrogen and oxygen atoms in total. The molecule has 0 aliphatic carbocycles. The minimum absolute atomic E-state index is 0.0312. The number of rotatable bonds is 5. The highest BCUT2D eigenvalue weighted by atomic mass is 79.9. The zero-order valence-corrected chi connectivity index (χ0v) is 14.3. The van der Waals surface area contributed by atoms with Gasteiger partial charge in [-0.15, -0.1) is 0 Å². The lowest BCUT2D eigenvalue weighted by atomic mass is 9.98. The molecule has 0 aliphatic heterocycles. The molecule has 0 atom stereocenters. The summed E-state index contributed by atoms with van der Waals surface area (Å²) in [4.78, 5) is 11.6. The van der Waals surface area contributed by atoms with Crippen LogP contribution in [0.2, 0.25) is 0 Å². The Balaban J connectivity index is 1.76. The highest BCUT2D eigenvalue weighted by Crippen LogP contribution is 2.22. The zero-order valence-electron chi connectivity index (χ0n) is 12.8. The third-order valence-corrected chi connectivity index (χ3v) is 4.23. The first-order chi connectivity index (χ1) is 11.3. The molecule has 3 aromatic carbocycles. The molecule has 0 heterocycles. The summed E-state index contributed by atoms with van der Waals surface area (Å²) in [6.07, 6.45) is 1.37. The molecular weight excluding hydrogens is 350 g/mol. The SMILES string of the molecule is O=C(CCBr)Nc1ccc(Cc2cccc3ccccc23)cc1. The summed E-state index contributed by atoms with van der Waals surface area (Å²) in [6.45, 7) is 0. The molecule has 116 valence electrons. The van der Waals surface area contributed by atoms with Crippen molar-refractivity contribution in [1.29, 1.82) is 0 Å². The van der Waals surface area contributed by atoms with Crippen LogP contribution in [-0.4, -0.2) is 11.2 Å². The summed E-state index contributed by atoms with van der Waals surface area (Å²) in [5.41, 5.74) is 3.40. The Hall–Kier alpha value is -2.13. The van der Waals surface area contributed by atoms with Gasteiger partial charge in [-0.25, -0.2) is 0 Å². The van der Waals surface area contributed by atoms with E-state index in [2.05, 4.69) is 75.8 Å². The zero-order chi connectivity index (χ0) is 16.1. The monoisotopic (exact) mass is 367 g/mol. The van der Waals surface area contributed by atoms with Crippen LogP contribution in [0.25, 0.3) is 10.8 Å². The third kappa shape index (κ3) is 3.99. The molecule has 23 heavy (non-hydrogen) atoms. The summed E-state index contributed by atoms with van der Waals surface area (Å²) in [7, 11) is 0. The van der Waals surface area contributed by atoms with Crippen molar-refractivity contribution >= 4 is 38.3 Å². The second kappa shape index (κ2) is 7.42. The highest BCUT2D eigenvalue weighted by molar-refractivity contribution is 9.09. The fourth-order valence-corrected chi connectivity index (χ4v) is 3.04. The van der Waals surface area contributed by atoms with E-state index in [4.69, 9.17) is 0 Å². The minimum atomic E-state index is 0.0312. The average Bonchev–Trinajstić information content (AvgIpc) is 2.57. The quantitative estimate of drug-likeness (QED) is 0.620.